The molecule has 0 bridgehead atoms. The Kier molecular flexibility index (Phi) is 4.18. The number of hydrogen-bond acceptors (Lipinski definition) is 1. The van der Waals surface area contributed by atoms with Crippen LogP contribution < -0.4 is 0 Å². The Morgan fingerprint density at radius 3 is 2.40 bits per heavy atom. The van der Waals surface area contributed by atoms with Gasteiger partial charge in [0, 0.05) is 0 Å². The predicted octanol–water partition coefficient (Wildman–Crippen LogP) is 3.70. The number of aliphatic carboxylic acids is 1. The first-order valence-electron chi connectivity index (χ1n) is 6.27. The van der Waals surface area contributed by atoms with Crippen LogP contribution in [0.1, 0.15) is 59.3 Å². The van der Waals surface area contributed by atoms with Gasteiger partial charge in [-0.2, -0.15) is 0 Å². The first kappa shape index (κ1) is 12.5. The lowest BCUT2D eigenvalue weighted by molar-refractivity contribution is -0.150. The molecule has 1 saturated carbocycles. The quantitative estimate of drug-likeness (QED) is 0.754. The van der Waals surface area contributed by atoms with Crippen LogP contribution in [0.4, 0.5) is 0 Å². The van der Waals surface area contributed by atoms with Crippen molar-refractivity contribution in [3.05, 3.63) is 0 Å². The van der Waals surface area contributed by atoms with E-state index in [0.29, 0.717) is 11.8 Å². The average molecular weight is 212 g/mol. The highest BCUT2D eigenvalue weighted by molar-refractivity contribution is 5.75. The molecular weight excluding hydrogens is 188 g/mol. The van der Waals surface area contributed by atoms with E-state index in [1.807, 2.05) is 0 Å². The zero-order valence-electron chi connectivity index (χ0n) is 10.3. The molecule has 1 N–H and O–H groups in total. The van der Waals surface area contributed by atoms with Crippen LogP contribution in [-0.4, -0.2) is 11.1 Å². The fraction of sp³-hybridized carbons (Fsp3) is 0.923. The minimum Gasteiger partial charge on any atom is -0.481 e. The Morgan fingerprint density at radius 1 is 1.47 bits per heavy atom. The van der Waals surface area contributed by atoms with Gasteiger partial charge >= 0.3 is 5.97 Å². The monoisotopic (exact) mass is 212 g/mol. The van der Waals surface area contributed by atoms with Crippen LogP contribution in [0.15, 0.2) is 0 Å². The van der Waals surface area contributed by atoms with Crippen LogP contribution in [0.3, 0.4) is 0 Å². The van der Waals surface area contributed by atoms with Gasteiger partial charge in [0.15, 0.2) is 0 Å². The molecule has 0 radical (unpaired) electrons. The van der Waals surface area contributed by atoms with Crippen LogP contribution in [-0.2, 0) is 4.79 Å². The summed E-state index contributed by atoms with van der Waals surface area (Å²) in [7, 11) is 0. The van der Waals surface area contributed by atoms with Crippen molar-refractivity contribution in [1.29, 1.82) is 0 Å². The van der Waals surface area contributed by atoms with Gasteiger partial charge in [-0.1, -0.05) is 33.6 Å². The zero-order valence-corrected chi connectivity index (χ0v) is 10.3. The lowest BCUT2D eigenvalue weighted by Gasteiger charge is -2.28. The van der Waals surface area contributed by atoms with Gasteiger partial charge in [0.1, 0.15) is 0 Å². The van der Waals surface area contributed by atoms with Gasteiger partial charge in [0.05, 0.1) is 5.41 Å². The van der Waals surface area contributed by atoms with Crippen molar-refractivity contribution in [3.63, 3.8) is 0 Å². The maximum Gasteiger partial charge on any atom is 0.309 e. The molecule has 0 aromatic heterocycles. The summed E-state index contributed by atoms with van der Waals surface area (Å²) in [5.74, 6) is 0.626. The van der Waals surface area contributed by atoms with E-state index in [-0.39, 0.29) is 0 Å². The highest BCUT2D eigenvalue weighted by Crippen LogP contribution is 2.47. The Hall–Kier alpha value is -0.530. The molecule has 1 rings (SSSR count). The Morgan fingerprint density at radius 2 is 2.07 bits per heavy atom. The van der Waals surface area contributed by atoms with E-state index in [1.54, 1.807) is 0 Å². The summed E-state index contributed by atoms with van der Waals surface area (Å²) < 4.78 is 0. The van der Waals surface area contributed by atoms with Gasteiger partial charge < -0.3 is 5.11 Å². The van der Waals surface area contributed by atoms with E-state index in [0.717, 1.165) is 38.5 Å². The lowest BCUT2D eigenvalue weighted by Crippen LogP contribution is -2.30. The molecule has 1 fully saturated rings. The molecule has 0 heterocycles. The summed E-state index contributed by atoms with van der Waals surface area (Å²) in [6.45, 7) is 6.52. The SMILES string of the molecule is CCC(CC)CC1(C(=O)O)CCC(C)C1. The minimum atomic E-state index is -0.557. The normalized spacial score (nSPS) is 31.1. The summed E-state index contributed by atoms with van der Waals surface area (Å²) in [5.41, 5.74) is -0.393. The number of rotatable bonds is 5. The highest BCUT2D eigenvalue weighted by atomic mass is 16.4. The maximum absolute atomic E-state index is 11.4. The summed E-state index contributed by atoms with van der Waals surface area (Å²) in [6.07, 6.45) is 5.98. The van der Waals surface area contributed by atoms with E-state index in [2.05, 4.69) is 20.8 Å². The predicted molar refractivity (Wildman–Crippen MR) is 61.8 cm³/mol. The number of carboxylic acids is 1. The second-order valence-electron chi connectivity index (χ2n) is 5.32. The van der Waals surface area contributed by atoms with E-state index in [4.69, 9.17) is 0 Å². The van der Waals surface area contributed by atoms with E-state index < -0.39 is 11.4 Å². The molecule has 2 unspecified atom stereocenters. The van der Waals surface area contributed by atoms with Crippen molar-refractivity contribution < 1.29 is 9.90 Å². The fourth-order valence-corrected chi connectivity index (χ4v) is 2.99. The van der Waals surface area contributed by atoms with Gasteiger partial charge in [-0.05, 0) is 37.5 Å². The maximum atomic E-state index is 11.4. The molecule has 0 spiro atoms. The van der Waals surface area contributed by atoms with Crippen molar-refractivity contribution in [2.24, 2.45) is 17.3 Å². The van der Waals surface area contributed by atoms with Gasteiger partial charge in [-0.3, -0.25) is 4.79 Å². The third-order valence-corrected chi connectivity index (χ3v) is 4.14. The van der Waals surface area contributed by atoms with Crippen LogP contribution in [0.5, 0.6) is 0 Å². The Labute approximate surface area is 93.1 Å². The van der Waals surface area contributed by atoms with Gasteiger partial charge in [0.25, 0.3) is 0 Å². The largest absolute Gasteiger partial charge is 0.481 e. The van der Waals surface area contributed by atoms with Crippen LogP contribution in [0.2, 0.25) is 0 Å². The summed E-state index contributed by atoms with van der Waals surface area (Å²) in [5, 5.41) is 9.42. The van der Waals surface area contributed by atoms with Crippen molar-refractivity contribution in [3.8, 4) is 0 Å². The van der Waals surface area contributed by atoms with Crippen LogP contribution in [0.25, 0.3) is 0 Å². The first-order valence-corrected chi connectivity index (χ1v) is 6.27. The van der Waals surface area contributed by atoms with Crippen molar-refractivity contribution in [1.82, 2.24) is 0 Å². The molecule has 0 amide bonds. The highest BCUT2D eigenvalue weighted by Gasteiger charge is 2.44. The van der Waals surface area contributed by atoms with E-state index in [9.17, 15) is 9.90 Å². The topological polar surface area (TPSA) is 37.3 Å². The molecule has 2 heteroatoms. The van der Waals surface area contributed by atoms with Crippen LogP contribution in [0, 0.1) is 17.3 Å². The number of carbonyl (C=O) groups is 1. The second-order valence-corrected chi connectivity index (χ2v) is 5.32. The second kappa shape index (κ2) is 5.00. The smallest absolute Gasteiger partial charge is 0.309 e. The van der Waals surface area contributed by atoms with Crippen molar-refractivity contribution in [2.45, 2.75) is 59.3 Å². The van der Waals surface area contributed by atoms with Crippen LogP contribution >= 0.6 is 0 Å². The molecule has 1 aliphatic carbocycles. The summed E-state index contributed by atoms with van der Waals surface area (Å²) in [4.78, 5) is 11.4. The molecule has 0 saturated heterocycles. The molecule has 0 aliphatic heterocycles. The average Bonchev–Trinajstić information content (AvgIpc) is 2.58. The molecule has 88 valence electrons. The fourth-order valence-electron chi connectivity index (χ4n) is 2.99. The molecule has 0 aromatic carbocycles. The van der Waals surface area contributed by atoms with Gasteiger partial charge in [-0.25, -0.2) is 0 Å². The Bertz CT molecular complexity index is 221. The molecular formula is C13H24O2. The molecule has 15 heavy (non-hydrogen) atoms. The first-order chi connectivity index (χ1) is 7.04. The number of carboxylic acid groups (broad SMARTS) is 1. The molecule has 0 aromatic rings. The molecule has 2 nitrogen and oxygen atoms in total. The summed E-state index contributed by atoms with van der Waals surface area (Å²) >= 11 is 0. The third-order valence-electron chi connectivity index (χ3n) is 4.14. The standard InChI is InChI=1S/C13H24O2/c1-4-11(5-2)9-13(12(14)15)7-6-10(3)8-13/h10-11H,4-9H2,1-3H3,(H,14,15). The van der Waals surface area contributed by atoms with Crippen molar-refractivity contribution >= 4 is 5.97 Å². The van der Waals surface area contributed by atoms with Gasteiger partial charge in [0.2, 0.25) is 0 Å². The zero-order chi connectivity index (χ0) is 11.5. The van der Waals surface area contributed by atoms with E-state index in [1.165, 1.54) is 0 Å². The molecule has 2 atom stereocenters. The van der Waals surface area contributed by atoms with Gasteiger partial charge in [-0.15, -0.1) is 0 Å². The van der Waals surface area contributed by atoms with Crippen molar-refractivity contribution in [2.75, 3.05) is 0 Å². The summed E-state index contributed by atoms with van der Waals surface area (Å²) in [6, 6.07) is 0. The number of hydrogen-bond donors (Lipinski definition) is 1. The third kappa shape index (κ3) is 2.73. The van der Waals surface area contributed by atoms with E-state index >= 15 is 0 Å². The lowest BCUT2D eigenvalue weighted by atomic mass is 9.76. The Balaban J connectivity index is 2.70. The minimum absolute atomic E-state index is 0.393. The molecule has 1 aliphatic rings.